The Morgan fingerprint density at radius 2 is 2.06 bits per heavy atom. The van der Waals surface area contributed by atoms with E-state index in [0.717, 1.165) is 24.4 Å². The molecule has 0 bridgehead atoms. The Bertz CT molecular complexity index is 531. The molecule has 0 aliphatic carbocycles. The van der Waals surface area contributed by atoms with Crippen LogP contribution in [0.4, 0.5) is 5.82 Å². The smallest absolute Gasteiger partial charge is 0.180 e. The van der Waals surface area contributed by atoms with E-state index in [9.17, 15) is 0 Å². The lowest BCUT2D eigenvalue weighted by Gasteiger charge is -2.16. The molecule has 2 N–H and O–H groups in total. The fraction of sp³-hybridized carbons (Fsp3) is 0.417. The summed E-state index contributed by atoms with van der Waals surface area (Å²) in [4.78, 5) is 15.2. The molecule has 0 aromatic carbocycles. The number of nitrogens with two attached hydrogens (primary N) is 1. The van der Waals surface area contributed by atoms with Gasteiger partial charge in [-0.2, -0.15) is 0 Å². The summed E-state index contributed by atoms with van der Waals surface area (Å²) in [5.41, 5.74) is 7.54. The molecule has 3 heterocycles. The molecule has 3 rings (SSSR count). The molecule has 5 nitrogen and oxygen atoms in total. The third-order valence-corrected chi connectivity index (χ3v) is 3.31. The summed E-state index contributed by atoms with van der Waals surface area (Å²) >= 11 is 0. The van der Waals surface area contributed by atoms with Crippen LogP contribution in [0.3, 0.4) is 0 Å². The second-order valence-electron chi connectivity index (χ2n) is 4.61. The van der Waals surface area contributed by atoms with Gasteiger partial charge >= 0.3 is 0 Å². The van der Waals surface area contributed by atoms with Crippen LogP contribution >= 0.6 is 0 Å². The normalized spacial score (nSPS) is 24.5. The number of pyridine rings is 1. The Hall–Kier alpha value is -1.75. The van der Waals surface area contributed by atoms with Crippen molar-refractivity contribution < 1.29 is 0 Å². The molecule has 1 aliphatic heterocycles. The van der Waals surface area contributed by atoms with Crippen molar-refractivity contribution in [2.75, 3.05) is 18.0 Å². The summed E-state index contributed by atoms with van der Waals surface area (Å²) in [5.74, 6) is 1.45. The van der Waals surface area contributed by atoms with Crippen molar-refractivity contribution >= 4 is 17.0 Å². The topological polar surface area (TPSA) is 67.9 Å². The Morgan fingerprint density at radius 3 is 2.82 bits per heavy atom. The van der Waals surface area contributed by atoms with E-state index in [2.05, 4.69) is 26.8 Å². The number of aromatic nitrogens is 3. The van der Waals surface area contributed by atoms with Crippen LogP contribution < -0.4 is 10.6 Å². The lowest BCUT2D eigenvalue weighted by atomic mass is 10.1. The highest BCUT2D eigenvalue weighted by Gasteiger charge is 2.27. The van der Waals surface area contributed by atoms with Crippen LogP contribution in [0.1, 0.15) is 6.92 Å². The molecule has 1 fully saturated rings. The number of nitrogens with zero attached hydrogens (tertiary/aromatic N) is 4. The quantitative estimate of drug-likeness (QED) is 0.783. The second-order valence-corrected chi connectivity index (χ2v) is 4.61. The number of fused-ring (bicyclic) bond motifs is 1. The van der Waals surface area contributed by atoms with Gasteiger partial charge in [0.25, 0.3) is 0 Å². The highest BCUT2D eigenvalue weighted by Crippen LogP contribution is 2.22. The molecular formula is C12H15N5. The summed E-state index contributed by atoms with van der Waals surface area (Å²) in [6.45, 7) is 3.99. The van der Waals surface area contributed by atoms with Gasteiger partial charge < -0.3 is 10.6 Å². The van der Waals surface area contributed by atoms with Crippen molar-refractivity contribution in [2.45, 2.75) is 13.0 Å². The monoisotopic (exact) mass is 229 g/mol. The van der Waals surface area contributed by atoms with Gasteiger partial charge in [0, 0.05) is 31.5 Å². The summed E-state index contributed by atoms with van der Waals surface area (Å²) in [6, 6.07) is 4.18. The minimum atomic E-state index is 0.231. The van der Waals surface area contributed by atoms with Gasteiger partial charge in [0.15, 0.2) is 5.65 Å². The van der Waals surface area contributed by atoms with Crippen molar-refractivity contribution in [3.63, 3.8) is 0 Å². The van der Waals surface area contributed by atoms with Crippen LogP contribution in [0.5, 0.6) is 0 Å². The molecule has 1 saturated heterocycles. The van der Waals surface area contributed by atoms with E-state index in [4.69, 9.17) is 5.73 Å². The molecule has 88 valence electrons. The molecule has 2 aromatic rings. The van der Waals surface area contributed by atoms with Gasteiger partial charge in [-0.3, -0.25) is 4.98 Å². The average Bonchev–Trinajstić information content (AvgIpc) is 2.69. The molecule has 1 aliphatic rings. The van der Waals surface area contributed by atoms with Crippen LogP contribution in [-0.4, -0.2) is 34.1 Å². The Labute approximate surface area is 99.7 Å². The Kier molecular flexibility index (Phi) is 2.40. The molecule has 0 saturated carbocycles. The molecule has 0 amide bonds. The van der Waals surface area contributed by atoms with Crippen LogP contribution in [0.25, 0.3) is 11.2 Å². The van der Waals surface area contributed by atoms with Crippen molar-refractivity contribution in [1.29, 1.82) is 0 Å². The molecule has 0 radical (unpaired) electrons. The zero-order valence-corrected chi connectivity index (χ0v) is 9.74. The van der Waals surface area contributed by atoms with E-state index in [-0.39, 0.29) is 6.04 Å². The van der Waals surface area contributed by atoms with Crippen LogP contribution in [0, 0.1) is 5.92 Å². The lowest BCUT2D eigenvalue weighted by molar-refractivity contribution is 0.566. The van der Waals surface area contributed by atoms with E-state index in [1.165, 1.54) is 0 Å². The fourth-order valence-electron chi connectivity index (χ4n) is 2.20. The number of rotatable bonds is 1. The van der Waals surface area contributed by atoms with Gasteiger partial charge in [0.1, 0.15) is 11.3 Å². The van der Waals surface area contributed by atoms with E-state index >= 15 is 0 Å². The molecule has 0 spiro atoms. The van der Waals surface area contributed by atoms with Gasteiger partial charge in [-0.05, 0) is 18.1 Å². The predicted octanol–water partition coefficient (Wildman–Crippen LogP) is 0.808. The maximum atomic E-state index is 6.02. The van der Waals surface area contributed by atoms with Crippen LogP contribution in [0.15, 0.2) is 24.5 Å². The molecule has 2 aromatic heterocycles. The summed E-state index contributed by atoms with van der Waals surface area (Å²) in [5, 5.41) is 0. The van der Waals surface area contributed by atoms with Crippen molar-refractivity contribution in [2.24, 2.45) is 11.7 Å². The van der Waals surface area contributed by atoms with Gasteiger partial charge in [0.2, 0.25) is 0 Å². The number of hydrogen-bond acceptors (Lipinski definition) is 5. The minimum absolute atomic E-state index is 0.231. The maximum absolute atomic E-state index is 6.02. The second kappa shape index (κ2) is 3.92. The zero-order chi connectivity index (χ0) is 11.8. The standard InChI is InChI=1S/C12H15N5/c1-8-6-17(7-9(8)13)11-3-2-10-12(16-11)15-5-4-14-10/h2-5,8-9H,6-7,13H2,1H3. The van der Waals surface area contributed by atoms with E-state index in [0.29, 0.717) is 11.6 Å². The van der Waals surface area contributed by atoms with Crippen molar-refractivity contribution in [3.8, 4) is 0 Å². The Morgan fingerprint density at radius 1 is 1.24 bits per heavy atom. The third-order valence-electron chi connectivity index (χ3n) is 3.31. The number of anilines is 1. The predicted molar refractivity (Wildman–Crippen MR) is 66.7 cm³/mol. The highest BCUT2D eigenvalue weighted by molar-refractivity contribution is 5.71. The largest absolute Gasteiger partial charge is 0.355 e. The summed E-state index contributed by atoms with van der Waals surface area (Å²) in [6.07, 6.45) is 3.34. The minimum Gasteiger partial charge on any atom is -0.355 e. The highest BCUT2D eigenvalue weighted by atomic mass is 15.2. The molecule has 2 unspecified atom stereocenters. The van der Waals surface area contributed by atoms with Gasteiger partial charge in [-0.15, -0.1) is 0 Å². The average molecular weight is 229 g/mol. The third kappa shape index (κ3) is 1.82. The summed E-state index contributed by atoms with van der Waals surface area (Å²) in [7, 11) is 0. The van der Waals surface area contributed by atoms with Crippen LogP contribution in [0.2, 0.25) is 0 Å². The van der Waals surface area contributed by atoms with Gasteiger partial charge in [0.05, 0.1) is 0 Å². The van der Waals surface area contributed by atoms with Crippen molar-refractivity contribution in [3.05, 3.63) is 24.5 Å². The van der Waals surface area contributed by atoms with E-state index < -0.39 is 0 Å². The molecule has 17 heavy (non-hydrogen) atoms. The summed E-state index contributed by atoms with van der Waals surface area (Å²) < 4.78 is 0. The fourth-order valence-corrected chi connectivity index (χ4v) is 2.20. The first-order valence-electron chi connectivity index (χ1n) is 5.82. The molecular weight excluding hydrogens is 214 g/mol. The Balaban J connectivity index is 1.96. The first kappa shape index (κ1) is 10.4. The lowest BCUT2D eigenvalue weighted by Crippen LogP contribution is -2.28. The van der Waals surface area contributed by atoms with E-state index in [1.807, 2.05) is 12.1 Å². The SMILES string of the molecule is CC1CN(c2ccc3nccnc3n2)CC1N. The maximum Gasteiger partial charge on any atom is 0.180 e. The van der Waals surface area contributed by atoms with Gasteiger partial charge in [-0.25, -0.2) is 9.97 Å². The zero-order valence-electron chi connectivity index (χ0n) is 9.74. The van der Waals surface area contributed by atoms with Crippen molar-refractivity contribution in [1.82, 2.24) is 15.0 Å². The molecule has 2 atom stereocenters. The molecule has 5 heteroatoms. The van der Waals surface area contributed by atoms with Crippen LogP contribution in [-0.2, 0) is 0 Å². The van der Waals surface area contributed by atoms with E-state index in [1.54, 1.807) is 12.4 Å². The number of hydrogen-bond donors (Lipinski definition) is 1. The van der Waals surface area contributed by atoms with Gasteiger partial charge in [-0.1, -0.05) is 6.92 Å². The first-order valence-corrected chi connectivity index (χ1v) is 5.82. The first-order chi connectivity index (χ1) is 8.24.